The van der Waals surface area contributed by atoms with Crippen molar-refractivity contribution in [3.8, 4) is 0 Å². The maximum Gasteiger partial charge on any atom is 0.414 e. The van der Waals surface area contributed by atoms with Gasteiger partial charge in [0.15, 0.2) is 0 Å². The fourth-order valence-electron chi connectivity index (χ4n) is 1.93. The molecule has 1 heterocycles. The molecule has 1 nitrogen and oxygen atoms in total. The molecule has 1 N–H and O–H groups in total. The van der Waals surface area contributed by atoms with E-state index in [4.69, 9.17) is 0 Å². The Balaban J connectivity index is 2.40. The van der Waals surface area contributed by atoms with Crippen molar-refractivity contribution in [1.29, 1.82) is 0 Å². The molecule has 2 aliphatic rings. The lowest BCUT2D eigenvalue weighted by Gasteiger charge is -2.20. The first kappa shape index (κ1) is 8.66. The minimum atomic E-state index is -4.16. The highest BCUT2D eigenvalue weighted by Gasteiger charge is 2.38. The van der Waals surface area contributed by atoms with E-state index >= 15 is 0 Å². The Hall–Kier alpha value is -0.930. The summed E-state index contributed by atoms with van der Waals surface area (Å²) in [5.41, 5.74) is 1.01. The highest BCUT2D eigenvalue weighted by molar-refractivity contribution is 5.43. The van der Waals surface area contributed by atoms with Gasteiger partial charge < -0.3 is 5.32 Å². The zero-order valence-electron chi connectivity index (χ0n) is 7.04. The van der Waals surface area contributed by atoms with Crippen molar-refractivity contribution < 1.29 is 13.2 Å². The molecule has 0 aromatic carbocycles. The number of nitrogens with one attached hydrogen (secondary N) is 1. The largest absolute Gasteiger partial charge is 0.414 e. The summed E-state index contributed by atoms with van der Waals surface area (Å²) in [5, 5.41) is 2.67. The van der Waals surface area contributed by atoms with Crippen molar-refractivity contribution in [2.75, 3.05) is 6.54 Å². The summed E-state index contributed by atoms with van der Waals surface area (Å²) in [7, 11) is 0. The van der Waals surface area contributed by atoms with Crippen LogP contribution in [-0.2, 0) is 0 Å². The molecule has 4 heteroatoms. The van der Waals surface area contributed by atoms with Gasteiger partial charge in [0.1, 0.15) is 0 Å². The zero-order chi connectivity index (χ0) is 9.47. The maximum absolute atomic E-state index is 12.5. The molecule has 0 amide bonds. The van der Waals surface area contributed by atoms with E-state index in [-0.39, 0.29) is 12.1 Å². The predicted molar refractivity (Wildman–Crippen MR) is 43.0 cm³/mol. The van der Waals surface area contributed by atoms with Crippen LogP contribution in [0.25, 0.3) is 0 Å². The minimum absolute atomic E-state index is 0.0671. The van der Waals surface area contributed by atoms with E-state index in [9.17, 15) is 13.2 Å². The van der Waals surface area contributed by atoms with Crippen LogP contribution < -0.4 is 5.32 Å². The maximum atomic E-state index is 12.5. The summed E-state index contributed by atoms with van der Waals surface area (Å²) in [6, 6.07) is 0. The Morgan fingerprint density at radius 1 is 1.23 bits per heavy atom. The van der Waals surface area contributed by atoms with Gasteiger partial charge in [0.2, 0.25) is 0 Å². The highest BCUT2D eigenvalue weighted by atomic mass is 19.4. The Morgan fingerprint density at radius 2 is 2.00 bits per heavy atom. The van der Waals surface area contributed by atoms with Crippen LogP contribution >= 0.6 is 0 Å². The molecule has 0 saturated heterocycles. The Kier molecular flexibility index (Phi) is 1.86. The molecule has 0 bridgehead atoms. The van der Waals surface area contributed by atoms with Gasteiger partial charge in [0.05, 0.1) is 5.57 Å². The molecule has 0 radical (unpaired) electrons. The number of alkyl halides is 3. The van der Waals surface area contributed by atoms with Crippen molar-refractivity contribution in [1.82, 2.24) is 5.32 Å². The molecular formula is C9H10F3N. The molecule has 1 aliphatic carbocycles. The van der Waals surface area contributed by atoms with E-state index in [1.807, 2.05) is 0 Å². The van der Waals surface area contributed by atoms with E-state index in [1.54, 1.807) is 6.20 Å². The Bertz CT molecular complexity index is 286. The lowest BCUT2D eigenvalue weighted by atomic mass is 10.0. The van der Waals surface area contributed by atoms with Crippen LogP contribution in [0.5, 0.6) is 0 Å². The summed E-state index contributed by atoms with van der Waals surface area (Å²) >= 11 is 0. The number of allylic oxidation sites excluding steroid dienone is 2. The van der Waals surface area contributed by atoms with Crippen LogP contribution in [-0.4, -0.2) is 12.7 Å². The summed E-state index contributed by atoms with van der Waals surface area (Å²) in [6.07, 6.45) is -0.226. The topological polar surface area (TPSA) is 12.0 Å². The fourth-order valence-corrected chi connectivity index (χ4v) is 1.93. The first-order chi connectivity index (χ1) is 6.09. The van der Waals surface area contributed by atoms with Gasteiger partial charge >= 0.3 is 6.18 Å². The van der Waals surface area contributed by atoms with E-state index in [0.717, 1.165) is 18.4 Å². The van der Waals surface area contributed by atoms with Crippen LogP contribution in [0.3, 0.4) is 0 Å². The molecule has 0 unspecified atom stereocenters. The van der Waals surface area contributed by atoms with Crippen molar-refractivity contribution in [2.24, 2.45) is 0 Å². The van der Waals surface area contributed by atoms with E-state index < -0.39 is 6.18 Å². The number of hydrogen-bond donors (Lipinski definition) is 1. The number of hydrogen-bond acceptors (Lipinski definition) is 1. The average molecular weight is 189 g/mol. The molecule has 0 aromatic heterocycles. The van der Waals surface area contributed by atoms with Crippen molar-refractivity contribution in [3.05, 3.63) is 22.9 Å². The quantitative estimate of drug-likeness (QED) is 0.617. The molecule has 0 aromatic rings. The first-order valence-electron chi connectivity index (χ1n) is 4.31. The second-order valence-electron chi connectivity index (χ2n) is 3.36. The third-order valence-corrected chi connectivity index (χ3v) is 2.52. The van der Waals surface area contributed by atoms with Crippen LogP contribution in [0.4, 0.5) is 13.2 Å². The number of halogens is 3. The van der Waals surface area contributed by atoms with Crippen LogP contribution in [0, 0.1) is 0 Å². The van der Waals surface area contributed by atoms with E-state index in [0.29, 0.717) is 12.0 Å². The van der Waals surface area contributed by atoms with E-state index in [1.165, 1.54) is 0 Å². The van der Waals surface area contributed by atoms with Crippen molar-refractivity contribution >= 4 is 0 Å². The van der Waals surface area contributed by atoms with Gasteiger partial charge in [-0.25, -0.2) is 0 Å². The Morgan fingerprint density at radius 3 is 2.69 bits per heavy atom. The third-order valence-electron chi connectivity index (χ3n) is 2.52. The van der Waals surface area contributed by atoms with E-state index in [2.05, 4.69) is 5.32 Å². The smallest absolute Gasteiger partial charge is 0.387 e. The predicted octanol–water partition coefficient (Wildman–Crippen LogP) is 2.52. The molecule has 0 spiro atoms. The summed E-state index contributed by atoms with van der Waals surface area (Å²) < 4.78 is 37.4. The van der Waals surface area contributed by atoms with Gasteiger partial charge in [-0.3, -0.25) is 0 Å². The molecule has 1 aliphatic heterocycles. The van der Waals surface area contributed by atoms with Crippen LogP contribution in [0.15, 0.2) is 22.9 Å². The molecule has 1 saturated carbocycles. The monoisotopic (exact) mass is 189 g/mol. The molecular weight excluding hydrogens is 179 g/mol. The Labute approximate surface area is 74.3 Å². The highest BCUT2D eigenvalue weighted by Crippen LogP contribution is 2.39. The van der Waals surface area contributed by atoms with Gasteiger partial charge in [-0.1, -0.05) is 0 Å². The molecule has 1 fully saturated rings. The van der Waals surface area contributed by atoms with Crippen molar-refractivity contribution in [3.63, 3.8) is 0 Å². The second-order valence-corrected chi connectivity index (χ2v) is 3.36. The molecule has 0 atom stereocenters. The summed E-state index contributed by atoms with van der Waals surface area (Å²) in [6.45, 7) is -0.0671. The van der Waals surface area contributed by atoms with Crippen molar-refractivity contribution in [2.45, 2.75) is 25.4 Å². The lowest BCUT2D eigenvalue weighted by Crippen LogP contribution is -2.27. The first-order valence-corrected chi connectivity index (χ1v) is 4.31. The molecule has 72 valence electrons. The lowest BCUT2D eigenvalue weighted by molar-refractivity contribution is -0.0936. The SMILES string of the molecule is FC(F)(F)C1=C2CCCC2=CNC1. The molecule has 2 rings (SSSR count). The van der Waals surface area contributed by atoms with Crippen LogP contribution in [0.2, 0.25) is 0 Å². The van der Waals surface area contributed by atoms with Gasteiger partial charge in [-0.15, -0.1) is 0 Å². The third kappa shape index (κ3) is 1.45. The van der Waals surface area contributed by atoms with Gasteiger partial charge in [-0.05, 0) is 30.4 Å². The standard InChI is InChI=1S/C9H10F3N/c10-9(11,12)8-5-13-4-6-2-1-3-7(6)8/h4,13H,1-3,5H2. The van der Waals surface area contributed by atoms with Gasteiger partial charge in [0.25, 0.3) is 0 Å². The normalized spacial score (nSPS) is 22.5. The summed E-state index contributed by atoms with van der Waals surface area (Å²) in [5.74, 6) is 0. The fraction of sp³-hybridized carbons (Fsp3) is 0.556. The average Bonchev–Trinajstić information content (AvgIpc) is 2.48. The summed E-state index contributed by atoms with van der Waals surface area (Å²) in [4.78, 5) is 0. The number of rotatable bonds is 0. The zero-order valence-corrected chi connectivity index (χ0v) is 7.04. The van der Waals surface area contributed by atoms with Gasteiger partial charge in [-0.2, -0.15) is 13.2 Å². The second kappa shape index (κ2) is 2.79. The van der Waals surface area contributed by atoms with Gasteiger partial charge in [0, 0.05) is 12.7 Å². The number of dihydropyridines is 1. The minimum Gasteiger partial charge on any atom is -0.387 e. The molecule has 13 heavy (non-hydrogen) atoms. The van der Waals surface area contributed by atoms with Crippen LogP contribution in [0.1, 0.15) is 19.3 Å². The number of fused-ring (bicyclic) bond motifs is 1.